The number of thioether (sulfide) groups is 1. The first kappa shape index (κ1) is 13.7. The molecule has 0 radical (unpaired) electrons. The fourth-order valence-corrected chi connectivity index (χ4v) is 3.90. The average molecular weight is 271 g/mol. The predicted octanol–water partition coefficient (Wildman–Crippen LogP) is 1.70. The minimum Gasteiger partial charge on any atom is -0.481 e. The van der Waals surface area contributed by atoms with Gasteiger partial charge < -0.3 is 10.0 Å². The molecule has 2 rings (SSSR count). The summed E-state index contributed by atoms with van der Waals surface area (Å²) >= 11 is 1.93. The van der Waals surface area contributed by atoms with Gasteiger partial charge in [-0.3, -0.25) is 9.59 Å². The van der Waals surface area contributed by atoms with Crippen molar-refractivity contribution < 1.29 is 14.7 Å². The number of carboxylic acids is 1. The van der Waals surface area contributed by atoms with Crippen molar-refractivity contribution in [3.05, 3.63) is 0 Å². The van der Waals surface area contributed by atoms with Crippen LogP contribution in [0.15, 0.2) is 0 Å². The lowest BCUT2D eigenvalue weighted by Gasteiger charge is -2.40. The van der Waals surface area contributed by atoms with E-state index in [-0.39, 0.29) is 11.8 Å². The molecular weight excluding hydrogens is 250 g/mol. The molecule has 1 heterocycles. The van der Waals surface area contributed by atoms with Gasteiger partial charge in [-0.05, 0) is 18.8 Å². The van der Waals surface area contributed by atoms with Gasteiger partial charge >= 0.3 is 5.97 Å². The number of hydrogen-bond donors (Lipinski definition) is 1. The molecule has 0 spiro atoms. The Kier molecular flexibility index (Phi) is 4.20. The Bertz CT molecular complexity index is 345. The van der Waals surface area contributed by atoms with E-state index in [1.165, 1.54) is 0 Å². The van der Waals surface area contributed by atoms with Crippen molar-refractivity contribution in [2.24, 2.45) is 17.8 Å². The molecular formula is C13H21NO3S. The zero-order chi connectivity index (χ0) is 13.3. The quantitative estimate of drug-likeness (QED) is 0.849. The Balaban J connectivity index is 1.95. The fraction of sp³-hybridized carbons (Fsp3) is 0.846. The van der Waals surface area contributed by atoms with E-state index in [0.29, 0.717) is 17.6 Å². The molecule has 1 saturated carbocycles. The summed E-state index contributed by atoms with van der Waals surface area (Å²) in [7, 11) is 0. The highest BCUT2D eigenvalue weighted by atomic mass is 32.2. The molecule has 1 amide bonds. The van der Waals surface area contributed by atoms with Crippen LogP contribution >= 0.6 is 11.8 Å². The summed E-state index contributed by atoms with van der Waals surface area (Å²) in [5, 5.41) is 9.51. The van der Waals surface area contributed by atoms with E-state index in [4.69, 9.17) is 5.11 Å². The first-order valence-electron chi connectivity index (χ1n) is 6.64. The lowest BCUT2D eigenvalue weighted by atomic mass is 9.73. The van der Waals surface area contributed by atoms with Crippen molar-refractivity contribution in [3.63, 3.8) is 0 Å². The number of hydrogen-bond acceptors (Lipinski definition) is 3. The standard InChI is InChI=1S/C13H21NO3S/c1-8(2)11-7-14(5-6-18-11)12(15)9-3-4-10(9)13(16)17/h8-11H,3-7H2,1-2H3,(H,16,17). The van der Waals surface area contributed by atoms with Gasteiger partial charge in [0.2, 0.25) is 5.91 Å². The summed E-state index contributed by atoms with van der Waals surface area (Å²) in [4.78, 5) is 25.2. The van der Waals surface area contributed by atoms with Gasteiger partial charge in [-0.25, -0.2) is 0 Å². The SMILES string of the molecule is CC(C)C1CN(C(=O)C2CCC2C(=O)O)CCS1. The number of carbonyl (C=O) groups is 2. The summed E-state index contributed by atoms with van der Waals surface area (Å²) in [5.41, 5.74) is 0. The molecule has 3 atom stereocenters. The smallest absolute Gasteiger partial charge is 0.307 e. The van der Waals surface area contributed by atoms with Crippen molar-refractivity contribution in [3.8, 4) is 0 Å². The van der Waals surface area contributed by atoms with E-state index in [1.54, 1.807) is 0 Å². The molecule has 2 aliphatic rings. The van der Waals surface area contributed by atoms with Crippen LogP contribution in [-0.4, -0.2) is 46.0 Å². The number of carbonyl (C=O) groups excluding carboxylic acids is 1. The van der Waals surface area contributed by atoms with Gasteiger partial charge in [0, 0.05) is 24.1 Å². The molecule has 3 unspecified atom stereocenters. The van der Waals surface area contributed by atoms with Gasteiger partial charge in [0.15, 0.2) is 0 Å². The van der Waals surface area contributed by atoms with Crippen LogP contribution in [0, 0.1) is 17.8 Å². The Morgan fingerprint density at radius 2 is 1.94 bits per heavy atom. The normalized spacial score (nSPS) is 32.2. The van der Waals surface area contributed by atoms with Crippen molar-refractivity contribution >= 4 is 23.6 Å². The lowest BCUT2D eigenvalue weighted by Crippen LogP contribution is -2.50. The van der Waals surface area contributed by atoms with Crippen LogP contribution in [0.1, 0.15) is 26.7 Å². The van der Waals surface area contributed by atoms with Crippen molar-refractivity contribution in [1.82, 2.24) is 4.90 Å². The number of aliphatic carboxylic acids is 1. The van der Waals surface area contributed by atoms with Crippen molar-refractivity contribution in [2.75, 3.05) is 18.8 Å². The lowest BCUT2D eigenvalue weighted by molar-refractivity contribution is -0.156. The molecule has 102 valence electrons. The predicted molar refractivity (Wildman–Crippen MR) is 71.5 cm³/mol. The number of rotatable bonds is 3. The molecule has 0 aromatic heterocycles. The van der Waals surface area contributed by atoms with E-state index in [9.17, 15) is 9.59 Å². The monoisotopic (exact) mass is 271 g/mol. The minimum atomic E-state index is -0.814. The molecule has 0 bridgehead atoms. The summed E-state index contributed by atoms with van der Waals surface area (Å²) in [6, 6.07) is 0. The second-order valence-electron chi connectivity index (χ2n) is 5.57. The third-order valence-electron chi connectivity index (χ3n) is 4.06. The summed E-state index contributed by atoms with van der Waals surface area (Å²) in [6.45, 7) is 5.91. The highest BCUT2D eigenvalue weighted by Crippen LogP contribution is 2.37. The van der Waals surface area contributed by atoms with Crippen LogP contribution in [0.2, 0.25) is 0 Å². The molecule has 18 heavy (non-hydrogen) atoms. The second kappa shape index (κ2) is 5.51. The number of amides is 1. The van der Waals surface area contributed by atoms with Crippen LogP contribution in [0.5, 0.6) is 0 Å². The van der Waals surface area contributed by atoms with Crippen LogP contribution in [-0.2, 0) is 9.59 Å². The van der Waals surface area contributed by atoms with Crippen LogP contribution in [0.4, 0.5) is 0 Å². The molecule has 1 N–H and O–H groups in total. The molecule has 1 saturated heterocycles. The van der Waals surface area contributed by atoms with Crippen molar-refractivity contribution in [2.45, 2.75) is 31.9 Å². The van der Waals surface area contributed by atoms with E-state index in [2.05, 4.69) is 13.8 Å². The van der Waals surface area contributed by atoms with E-state index >= 15 is 0 Å². The largest absolute Gasteiger partial charge is 0.481 e. The third kappa shape index (κ3) is 2.66. The van der Waals surface area contributed by atoms with E-state index in [1.807, 2.05) is 16.7 Å². The molecule has 4 nitrogen and oxygen atoms in total. The van der Waals surface area contributed by atoms with Crippen LogP contribution in [0.25, 0.3) is 0 Å². The molecule has 0 aromatic carbocycles. The van der Waals surface area contributed by atoms with E-state index in [0.717, 1.165) is 25.3 Å². The first-order chi connectivity index (χ1) is 8.50. The van der Waals surface area contributed by atoms with Crippen LogP contribution in [0.3, 0.4) is 0 Å². The maximum absolute atomic E-state index is 12.3. The summed E-state index contributed by atoms with van der Waals surface area (Å²) < 4.78 is 0. The van der Waals surface area contributed by atoms with Crippen molar-refractivity contribution in [1.29, 1.82) is 0 Å². The van der Waals surface area contributed by atoms with Gasteiger partial charge in [0.05, 0.1) is 11.8 Å². The molecule has 1 aliphatic heterocycles. The Hall–Kier alpha value is -0.710. The van der Waals surface area contributed by atoms with Gasteiger partial charge in [0.1, 0.15) is 0 Å². The molecule has 5 heteroatoms. The summed E-state index contributed by atoms with van der Waals surface area (Å²) in [5.74, 6) is 0.0789. The maximum atomic E-state index is 12.3. The number of carboxylic acid groups (broad SMARTS) is 1. The van der Waals surface area contributed by atoms with Gasteiger partial charge in [-0.2, -0.15) is 11.8 Å². The zero-order valence-corrected chi connectivity index (χ0v) is 11.8. The molecule has 1 aliphatic carbocycles. The maximum Gasteiger partial charge on any atom is 0.307 e. The first-order valence-corrected chi connectivity index (χ1v) is 7.68. The van der Waals surface area contributed by atoms with Gasteiger partial charge in [-0.1, -0.05) is 13.8 Å². The average Bonchev–Trinajstić information content (AvgIpc) is 2.26. The van der Waals surface area contributed by atoms with Gasteiger partial charge in [0.25, 0.3) is 0 Å². The molecule has 0 aromatic rings. The van der Waals surface area contributed by atoms with E-state index < -0.39 is 11.9 Å². The zero-order valence-electron chi connectivity index (χ0n) is 11.0. The summed E-state index contributed by atoms with van der Waals surface area (Å²) in [6.07, 6.45) is 1.40. The highest BCUT2D eigenvalue weighted by molar-refractivity contribution is 8.00. The molecule has 2 fully saturated rings. The van der Waals surface area contributed by atoms with Crippen LogP contribution < -0.4 is 0 Å². The Morgan fingerprint density at radius 1 is 1.28 bits per heavy atom. The number of nitrogens with zero attached hydrogens (tertiary/aromatic N) is 1. The highest BCUT2D eigenvalue weighted by Gasteiger charge is 2.43. The Morgan fingerprint density at radius 3 is 2.44 bits per heavy atom. The fourth-order valence-electron chi connectivity index (χ4n) is 2.60. The minimum absolute atomic E-state index is 0.0691. The third-order valence-corrected chi connectivity index (χ3v) is 5.60. The van der Waals surface area contributed by atoms with Gasteiger partial charge in [-0.15, -0.1) is 0 Å². The second-order valence-corrected chi connectivity index (χ2v) is 6.91. The Labute approximate surface area is 112 Å². The topological polar surface area (TPSA) is 57.6 Å².